The molecule has 128 valence electrons. The summed E-state index contributed by atoms with van der Waals surface area (Å²) in [6, 6.07) is 0. The van der Waals surface area contributed by atoms with Gasteiger partial charge in [-0.2, -0.15) is 0 Å². The standard InChI is InChI=1S/C21H32O2/c1-4-13-5-6-16-19-17(8-10-20(13,16)2)21(3)9-7-15(22)11-14(21)12-18(19)23/h4,12-13,15-19,22-23H,1,5-11H2,2-3H3/t13-,15+,16-,17-,18+,19-,20+,21-/m0/s1. The predicted molar refractivity (Wildman–Crippen MR) is 92.8 cm³/mol. The van der Waals surface area contributed by atoms with Crippen LogP contribution < -0.4 is 0 Å². The topological polar surface area (TPSA) is 40.5 Å². The van der Waals surface area contributed by atoms with Crippen molar-refractivity contribution < 1.29 is 10.2 Å². The molecule has 0 aromatic rings. The Bertz CT molecular complexity index is 538. The quantitative estimate of drug-likeness (QED) is 0.716. The van der Waals surface area contributed by atoms with Gasteiger partial charge in [0.25, 0.3) is 0 Å². The fourth-order valence-electron chi connectivity index (χ4n) is 7.06. The first-order valence-corrected chi connectivity index (χ1v) is 9.60. The molecule has 0 spiro atoms. The molecule has 3 saturated carbocycles. The van der Waals surface area contributed by atoms with Crippen molar-refractivity contribution in [3.05, 3.63) is 24.3 Å². The molecule has 3 fully saturated rings. The van der Waals surface area contributed by atoms with E-state index in [-0.39, 0.29) is 17.6 Å². The Morgan fingerprint density at radius 3 is 2.61 bits per heavy atom. The van der Waals surface area contributed by atoms with Gasteiger partial charge < -0.3 is 10.2 Å². The third-order valence-corrected chi connectivity index (χ3v) is 8.46. The van der Waals surface area contributed by atoms with Crippen LogP contribution in [0.5, 0.6) is 0 Å². The molecular formula is C21H32O2. The van der Waals surface area contributed by atoms with E-state index in [0.717, 1.165) is 19.3 Å². The van der Waals surface area contributed by atoms with E-state index in [1.807, 2.05) is 0 Å². The first kappa shape index (κ1) is 15.9. The zero-order chi connectivity index (χ0) is 16.4. The van der Waals surface area contributed by atoms with Gasteiger partial charge in [-0.05, 0) is 79.4 Å². The fraction of sp³-hybridized carbons (Fsp3) is 0.810. The minimum absolute atomic E-state index is 0.205. The monoisotopic (exact) mass is 316 g/mol. The highest BCUT2D eigenvalue weighted by molar-refractivity contribution is 5.28. The van der Waals surface area contributed by atoms with Crippen molar-refractivity contribution in [3.8, 4) is 0 Å². The average molecular weight is 316 g/mol. The lowest BCUT2D eigenvalue weighted by molar-refractivity contribution is -0.0884. The molecule has 0 aliphatic heterocycles. The second-order valence-electron chi connectivity index (χ2n) is 9.25. The van der Waals surface area contributed by atoms with Crippen LogP contribution in [-0.4, -0.2) is 22.4 Å². The van der Waals surface area contributed by atoms with Crippen molar-refractivity contribution in [2.45, 2.75) is 71.0 Å². The lowest BCUT2D eigenvalue weighted by Crippen LogP contribution is -2.54. The van der Waals surface area contributed by atoms with Crippen LogP contribution in [0, 0.1) is 34.5 Å². The van der Waals surface area contributed by atoms with Gasteiger partial charge in [0.2, 0.25) is 0 Å². The Labute approximate surface area is 140 Å². The SMILES string of the molecule is C=C[C@H]1CC[C@H]2[C@@H]3[C@H](O)C=C4C[C@H](O)CC[C@]4(C)[C@H]3CC[C@]12C. The number of rotatable bonds is 1. The lowest BCUT2D eigenvalue weighted by Gasteiger charge is -2.59. The van der Waals surface area contributed by atoms with E-state index in [4.69, 9.17) is 0 Å². The molecule has 2 N–H and O–H groups in total. The molecule has 0 amide bonds. The summed E-state index contributed by atoms with van der Waals surface area (Å²) in [5, 5.41) is 21.0. The van der Waals surface area contributed by atoms with Crippen molar-refractivity contribution in [2.75, 3.05) is 0 Å². The first-order chi connectivity index (χ1) is 10.9. The molecule has 0 aromatic heterocycles. The van der Waals surface area contributed by atoms with E-state index in [1.165, 1.54) is 31.3 Å². The van der Waals surface area contributed by atoms with Gasteiger partial charge in [0, 0.05) is 0 Å². The summed E-state index contributed by atoms with van der Waals surface area (Å²) in [5.41, 5.74) is 1.88. The third kappa shape index (κ3) is 2.07. The molecule has 0 radical (unpaired) electrons. The van der Waals surface area contributed by atoms with Gasteiger partial charge in [-0.1, -0.05) is 31.6 Å². The van der Waals surface area contributed by atoms with Crippen LogP contribution in [0.2, 0.25) is 0 Å². The molecule has 4 aliphatic carbocycles. The molecule has 0 unspecified atom stereocenters. The minimum atomic E-state index is -0.318. The van der Waals surface area contributed by atoms with Gasteiger partial charge >= 0.3 is 0 Å². The van der Waals surface area contributed by atoms with Gasteiger partial charge in [-0.15, -0.1) is 6.58 Å². The molecule has 0 saturated heterocycles. The molecule has 0 bridgehead atoms. The van der Waals surface area contributed by atoms with E-state index >= 15 is 0 Å². The van der Waals surface area contributed by atoms with Crippen LogP contribution in [0.15, 0.2) is 24.3 Å². The first-order valence-electron chi connectivity index (χ1n) is 9.60. The average Bonchev–Trinajstić information content (AvgIpc) is 2.85. The number of aliphatic hydroxyl groups excluding tert-OH is 2. The maximum atomic E-state index is 11.0. The lowest BCUT2D eigenvalue weighted by atomic mass is 9.47. The molecule has 8 atom stereocenters. The van der Waals surface area contributed by atoms with Crippen LogP contribution in [0.1, 0.15) is 58.8 Å². The van der Waals surface area contributed by atoms with Crippen LogP contribution in [-0.2, 0) is 0 Å². The van der Waals surface area contributed by atoms with Crippen LogP contribution in [0.4, 0.5) is 0 Å². The second-order valence-corrected chi connectivity index (χ2v) is 9.25. The number of aliphatic hydroxyl groups is 2. The molecule has 23 heavy (non-hydrogen) atoms. The summed E-state index contributed by atoms with van der Waals surface area (Å²) in [5.74, 6) is 2.24. The number of allylic oxidation sites excluding steroid dienone is 1. The van der Waals surface area contributed by atoms with Crippen molar-refractivity contribution in [1.29, 1.82) is 0 Å². The summed E-state index contributed by atoms with van der Waals surface area (Å²) in [6.45, 7) is 8.95. The summed E-state index contributed by atoms with van der Waals surface area (Å²) in [6.07, 6.45) is 11.5. The van der Waals surface area contributed by atoms with Crippen molar-refractivity contribution in [2.24, 2.45) is 34.5 Å². The molecule has 0 aromatic carbocycles. The predicted octanol–water partition coefficient (Wildman–Crippen LogP) is 4.08. The van der Waals surface area contributed by atoms with Gasteiger partial charge in [-0.3, -0.25) is 0 Å². The molecule has 4 aliphatic rings. The third-order valence-electron chi connectivity index (χ3n) is 8.46. The molecule has 0 heterocycles. The number of hydrogen-bond acceptors (Lipinski definition) is 2. The maximum absolute atomic E-state index is 11.0. The van der Waals surface area contributed by atoms with Gasteiger partial charge in [0.15, 0.2) is 0 Å². The highest BCUT2D eigenvalue weighted by Crippen LogP contribution is 2.66. The Morgan fingerprint density at radius 2 is 1.87 bits per heavy atom. The van der Waals surface area contributed by atoms with Gasteiger partial charge in [-0.25, -0.2) is 0 Å². The normalized spacial score (nSPS) is 55.4. The van der Waals surface area contributed by atoms with E-state index in [2.05, 4.69) is 32.6 Å². The summed E-state index contributed by atoms with van der Waals surface area (Å²) >= 11 is 0. The molecular weight excluding hydrogens is 284 g/mol. The van der Waals surface area contributed by atoms with Crippen LogP contribution in [0.3, 0.4) is 0 Å². The highest BCUT2D eigenvalue weighted by atomic mass is 16.3. The van der Waals surface area contributed by atoms with E-state index < -0.39 is 0 Å². The van der Waals surface area contributed by atoms with Crippen molar-refractivity contribution in [1.82, 2.24) is 0 Å². The molecule has 2 heteroatoms. The van der Waals surface area contributed by atoms with Gasteiger partial charge in [0.05, 0.1) is 12.2 Å². The Balaban J connectivity index is 1.72. The summed E-state index contributed by atoms with van der Waals surface area (Å²) in [7, 11) is 0. The summed E-state index contributed by atoms with van der Waals surface area (Å²) < 4.78 is 0. The smallest absolute Gasteiger partial charge is 0.0757 e. The largest absolute Gasteiger partial charge is 0.393 e. The Hall–Kier alpha value is -0.600. The zero-order valence-electron chi connectivity index (χ0n) is 14.7. The number of hydrogen-bond donors (Lipinski definition) is 2. The van der Waals surface area contributed by atoms with E-state index in [9.17, 15) is 10.2 Å². The van der Waals surface area contributed by atoms with Crippen LogP contribution in [0.25, 0.3) is 0 Å². The zero-order valence-corrected chi connectivity index (χ0v) is 14.7. The maximum Gasteiger partial charge on any atom is 0.0757 e. The van der Waals surface area contributed by atoms with E-state index in [1.54, 1.807) is 0 Å². The second kappa shape index (κ2) is 5.20. The summed E-state index contributed by atoms with van der Waals surface area (Å²) in [4.78, 5) is 0. The Kier molecular flexibility index (Phi) is 3.59. The number of fused-ring (bicyclic) bond motifs is 5. The molecule has 2 nitrogen and oxygen atoms in total. The van der Waals surface area contributed by atoms with Crippen molar-refractivity contribution in [3.63, 3.8) is 0 Å². The van der Waals surface area contributed by atoms with Crippen molar-refractivity contribution >= 4 is 0 Å². The van der Waals surface area contributed by atoms with E-state index in [0.29, 0.717) is 29.1 Å². The minimum Gasteiger partial charge on any atom is -0.393 e. The highest BCUT2D eigenvalue weighted by Gasteiger charge is 2.60. The van der Waals surface area contributed by atoms with Gasteiger partial charge in [0.1, 0.15) is 0 Å². The Morgan fingerprint density at radius 1 is 1.09 bits per heavy atom. The fourth-order valence-corrected chi connectivity index (χ4v) is 7.06. The van der Waals surface area contributed by atoms with Crippen LogP contribution >= 0.6 is 0 Å². The molecule has 4 rings (SSSR count).